The van der Waals surface area contributed by atoms with Crippen LogP contribution in [0, 0.1) is 0 Å². The Bertz CT molecular complexity index is 602. The molecule has 0 unspecified atom stereocenters. The Hall–Kier alpha value is -1.40. The van der Waals surface area contributed by atoms with Gasteiger partial charge in [-0.15, -0.1) is 0 Å². The first-order valence-corrected chi connectivity index (χ1v) is 6.34. The second-order valence-electron chi connectivity index (χ2n) is 4.02. The van der Waals surface area contributed by atoms with E-state index >= 15 is 0 Å². The number of hydrogen-bond acceptors (Lipinski definition) is 2. The van der Waals surface area contributed by atoms with Gasteiger partial charge in [-0.3, -0.25) is 4.98 Å². The van der Waals surface area contributed by atoms with Crippen molar-refractivity contribution in [2.45, 2.75) is 6.61 Å². The highest BCUT2D eigenvalue weighted by Crippen LogP contribution is 2.25. The lowest BCUT2D eigenvalue weighted by atomic mass is 9.81. The zero-order valence-electron chi connectivity index (χ0n) is 9.99. The molecule has 0 N–H and O–H groups in total. The van der Waals surface area contributed by atoms with Crippen LogP contribution in [0.15, 0.2) is 36.7 Å². The van der Waals surface area contributed by atoms with E-state index in [4.69, 9.17) is 27.9 Å². The van der Waals surface area contributed by atoms with Crippen LogP contribution in [-0.4, -0.2) is 12.0 Å². The molecule has 0 spiro atoms. The van der Waals surface area contributed by atoms with Gasteiger partial charge in [0.15, 0.2) is 0 Å². The van der Waals surface area contributed by atoms with Crippen LogP contribution in [-0.2, 0) is 6.61 Å². The molecule has 2 nitrogen and oxygen atoms in total. The summed E-state index contributed by atoms with van der Waals surface area (Å²) in [5.74, 6) is 0.0117. The standard InChI is InChI=1S/C12H8BCl2F3NO/c14-11-2-1-3-12(15)10(11)7-20-9-4-8(5-19-6-9)13(16,17)18/h1-6H,7H2/q-1. The first-order chi connectivity index (χ1) is 9.38. The summed E-state index contributed by atoms with van der Waals surface area (Å²) >= 11 is 11.9. The minimum absolute atomic E-state index is 0.0117. The van der Waals surface area contributed by atoms with Crippen LogP contribution in [0.1, 0.15) is 5.56 Å². The Labute approximate surface area is 123 Å². The molecule has 1 aromatic heterocycles. The molecule has 0 saturated heterocycles. The Morgan fingerprint density at radius 3 is 2.35 bits per heavy atom. The number of pyridine rings is 1. The van der Waals surface area contributed by atoms with E-state index < -0.39 is 12.4 Å². The molecule has 8 heteroatoms. The topological polar surface area (TPSA) is 22.1 Å². The van der Waals surface area contributed by atoms with Crippen molar-refractivity contribution in [1.82, 2.24) is 4.98 Å². The van der Waals surface area contributed by atoms with Crippen LogP contribution in [0.25, 0.3) is 0 Å². The molecule has 0 aliphatic heterocycles. The van der Waals surface area contributed by atoms with Gasteiger partial charge in [0.2, 0.25) is 0 Å². The summed E-state index contributed by atoms with van der Waals surface area (Å²) in [6.07, 6.45) is 1.96. The van der Waals surface area contributed by atoms with E-state index in [0.29, 0.717) is 15.6 Å². The van der Waals surface area contributed by atoms with Crippen LogP contribution < -0.4 is 10.2 Å². The van der Waals surface area contributed by atoms with Gasteiger partial charge in [0.1, 0.15) is 12.4 Å². The second kappa shape index (κ2) is 5.93. The number of rotatable bonds is 4. The molecule has 0 aliphatic carbocycles. The van der Waals surface area contributed by atoms with Crippen molar-refractivity contribution in [3.8, 4) is 5.75 Å². The van der Waals surface area contributed by atoms with Gasteiger partial charge in [-0.25, -0.2) is 0 Å². The predicted octanol–water partition coefficient (Wildman–Crippen LogP) is 4.02. The van der Waals surface area contributed by atoms with E-state index in [-0.39, 0.29) is 12.4 Å². The normalized spacial score (nSPS) is 11.4. The highest BCUT2D eigenvalue weighted by molar-refractivity contribution is 6.73. The highest BCUT2D eigenvalue weighted by atomic mass is 35.5. The van der Waals surface area contributed by atoms with E-state index in [1.807, 2.05) is 0 Å². The summed E-state index contributed by atoms with van der Waals surface area (Å²) in [6.45, 7) is -5.14. The first kappa shape index (κ1) is 15.0. The lowest BCUT2D eigenvalue weighted by Gasteiger charge is -2.15. The molecule has 20 heavy (non-hydrogen) atoms. The summed E-state index contributed by atoms with van der Waals surface area (Å²) in [5, 5.41) is 0.781. The maximum atomic E-state index is 12.6. The van der Waals surface area contributed by atoms with Gasteiger partial charge in [0.05, 0.1) is 6.20 Å². The quantitative estimate of drug-likeness (QED) is 0.794. The maximum Gasteiger partial charge on any atom is 0.511 e. The molecule has 0 bridgehead atoms. The fourth-order valence-corrected chi connectivity index (χ4v) is 2.03. The maximum absolute atomic E-state index is 12.6. The predicted molar refractivity (Wildman–Crippen MR) is 73.7 cm³/mol. The Morgan fingerprint density at radius 2 is 1.75 bits per heavy atom. The minimum atomic E-state index is -5.11. The molecule has 2 aromatic rings. The van der Waals surface area contributed by atoms with Gasteiger partial charge in [0, 0.05) is 21.8 Å². The van der Waals surface area contributed by atoms with Crippen molar-refractivity contribution in [2.75, 3.05) is 0 Å². The zero-order chi connectivity index (χ0) is 14.8. The SMILES string of the molecule is F[B-](F)(F)c1cncc(OCc2c(Cl)cccc2Cl)c1. The number of hydrogen-bond donors (Lipinski definition) is 0. The lowest BCUT2D eigenvalue weighted by Crippen LogP contribution is -2.34. The van der Waals surface area contributed by atoms with Crippen molar-refractivity contribution in [1.29, 1.82) is 0 Å². The molecule has 0 atom stereocenters. The number of benzene rings is 1. The van der Waals surface area contributed by atoms with Gasteiger partial charge in [-0.2, -0.15) is 0 Å². The fraction of sp³-hybridized carbons (Fsp3) is 0.0833. The van der Waals surface area contributed by atoms with E-state index in [9.17, 15) is 12.9 Å². The van der Waals surface area contributed by atoms with Crippen molar-refractivity contribution in [2.24, 2.45) is 0 Å². The molecular formula is C12H8BCl2F3NO-. The van der Waals surface area contributed by atoms with E-state index in [0.717, 1.165) is 12.3 Å². The Kier molecular flexibility index (Phi) is 4.45. The number of aromatic nitrogens is 1. The van der Waals surface area contributed by atoms with Crippen LogP contribution in [0.4, 0.5) is 12.9 Å². The third-order valence-electron chi connectivity index (χ3n) is 2.56. The largest absolute Gasteiger partial charge is 0.511 e. The molecule has 0 amide bonds. The van der Waals surface area contributed by atoms with E-state index in [1.54, 1.807) is 18.2 Å². The molecular weight excluding hydrogens is 313 g/mol. The summed E-state index contributed by atoms with van der Waals surface area (Å²) in [5.41, 5.74) is -0.300. The van der Waals surface area contributed by atoms with Crippen molar-refractivity contribution in [3.63, 3.8) is 0 Å². The van der Waals surface area contributed by atoms with E-state index in [2.05, 4.69) is 4.98 Å². The second-order valence-corrected chi connectivity index (χ2v) is 4.83. The van der Waals surface area contributed by atoms with Crippen molar-refractivity contribution >= 4 is 35.6 Å². The molecule has 1 aromatic carbocycles. The van der Waals surface area contributed by atoms with Gasteiger partial charge in [-0.05, 0) is 18.2 Å². The average Bonchev–Trinajstić information content (AvgIpc) is 2.37. The van der Waals surface area contributed by atoms with Gasteiger partial charge in [0.25, 0.3) is 0 Å². The Balaban J connectivity index is 2.16. The fourth-order valence-electron chi connectivity index (χ4n) is 1.52. The van der Waals surface area contributed by atoms with Crippen LogP contribution >= 0.6 is 23.2 Å². The summed E-state index contributed by atoms with van der Waals surface area (Å²) in [6, 6.07) is 5.82. The third-order valence-corrected chi connectivity index (χ3v) is 3.27. The smallest absolute Gasteiger partial charge is 0.487 e. The molecule has 0 radical (unpaired) electrons. The third kappa shape index (κ3) is 3.58. The summed E-state index contributed by atoms with van der Waals surface area (Å²) in [7, 11) is 0. The molecule has 0 saturated carbocycles. The number of halogens is 5. The van der Waals surface area contributed by atoms with E-state index in [1.165, 1.54) is 6.20 Å². The van der Waals surface area contributed by atoms with Gasteiger partial charge < -0.3 is 17.7 Å². The van der Waals surface area contributed by atoms with Crippen LogP contribution in [0.5, 0.6) is 5.75 Å². The minimum Gasteiger partial charge on any atom is -0.487 e. The molecule has 106 valence electrons. The average molecular weight is 321 g/mol. The Morgan fingerprint density at radius 1 is 1.10 bits per heavy atom. The summed E-state index contributed by atoms with van der Waals surface area (Å²) in [4.78, 5) is 3.51. The molecule has 1 heterocycles. The molecule has 0 fully saturated rings. The molecule has 2 rings (SSSR count). The summed E-state index contributed by atoms with van der Waals surface area (Å²) < 4.78 is 43.0. The highest BCUT2D eigenvalue weighted by Gasteiger charge is 2.26. The zero-order valence-corrected chi connectivity index (χ0v) is 11.5. The van der Waals surface area contributed by atoms with Crippen LogP contribution in [0.2, 0.25) is 10.0 Å². The lowest BCUT2D eigenvalue weighted by molar-refractivity contribution is 0.305. The molecule has 0 aliphatic rings. The van der Waals surface area contributed by atoms with Crippen molar-refractivity contribution in [3.05, 3.63) is 52.3 Å². The van der Waals surface area contributed by atoms with Crippen LogP contribution in [0.3, 0.4) is 0 Å². The number of ether oxygens (including phenoxy) is 1. The first-order valence-electron chi connectivity index (χ1n) is 5.58. The van der Waals surface area contributed by atoms with Gasteiger partial charge >= 0.3 is 6.98 Å². The number of nitrogens with zero attached hydrogens (tertiary/aromatic N) is 1. The van der Waals surface area contributed by atoms with Gasteiger partial charge in [-0.1, -0.05) is 34.7 Å². The monoisotopic (exact) mass is 320 g/mol. The van der Waals surface area contributed by atoms with Crippen molar-refractivity contribution < 1.29 is 17.7 Å².